The van der Waals surface area contributed by atoms with Crippen molar-refractivity contribution >= 4 is 11.3 Å². The Kier molecular flexibility index (Phi) is 5.37. The minimum Gasteiger partial charge on any atom is -0.415 e. The van der Waals surface area contributed by atoms with Crippen LogP contribution in [0, 0.1) is 13.8 Å². The van der Waals surface area contributed by atoms with E-state index in [4.69, 9.17) is 4.42 Å². The first-order valence-corrected chi connectivity index (χ1v) is 10.3. The summed E-state index contributed by atoms with van der Waals surface area (Å²) in [4.78, 5) is 1.31. The number of benzene rings is 2. The van der Waals surface area contributed by atoms with Gasteiger partial charge in [-0.05, 0) is 44.4 Å². The molecule has 0 fully saturated rings. The molecule has 0 saturated heterocycles. The van der Waals surface area contributed by atoms with Crippen LogP contribution in [-0.4, -0.2) is 10.2 Å². The Labute approximate surface area is 169 Å². The second kappa shape index (κ2) is 8.09. The van der Waals surface area contributed by atoms with Gasteiger partial charge in [0.1, 0.15) is 6.04 Å². The van der Waals surface area contributed by atoms with Gasteiger partial charge in [0.05, 0.1) is 4.88 Å². The summed E-state index contributed by atoms with van der Waals surface area (Å²) in [5.74, 6) is 1.21. The maximum atomic E-state index is 6.01. The van der Waals surface area contributed by atoms with Crippen molar-refractivity contribution < 1.29 is 9.73 Å². The molecule has 0 aliphatic heterocycles. The average Bonchev–Trinajstić information content (AvgIpc) is 3.39. The maximum absolute atomic E-state index is 6.01. The lowest BCUT2D eigenvalue weighted by molar-refractivity contribution is -0.725. The van der Waals surface area contributed by atoms with Crippen LogP contribution in [0.15, 0.2) is 70.5 Å². The summed E-state index contributed by atoms with van der Waals surface area (Å²) in [6.07, 6.45) is 0. The Bertz CT molecular complexity index is 1040. The van der Waals surface area contributed by atoms with Gasteiger partial charge < -0.3 is 9.73 Å². The van der Waals surface area contributed by atoms with Crippen LogP contribution in [0.3, 0.4) is 0 Å². The summed E-state index contributed by atoms with van der Waals surface area (Å²) in [6, 6.07) is 21.4. The molecule has 2 aromatic heterocycles. The van der Waals surface area contributed by atoms with Gasteiger partial charge in [0.2, 0.25) is 5.89 Å². The first-order valence-electron chi connectivity index (χ1n) is 9.45. The third kappa shape index (κ3) is 4.06. The second-order valence-electron chi connectivity index (χ2n) is 7.20. The van der Waals surface area contributed by atoms with Crippen LogP contribution in [0.4, 0.5) is 0 Å². The molecule has 0 spiro atoms. The number of nitrogens with zero attached hydrogens (tertiary/aromatic N) is 2. The number of thiophene rings is 1. The molecule has 5 heteroatoms. The van der Waals surface area contributed by atoms with Crippen LogP contribution >= 0.6 is 11.3 Å². The molecule has 4 rings (SSSR count). The zero-order chi connectivity index (χ0) is 19.5. The molecule has 0 bridgehead atoms. The Morgan fingerprint density at radius 1 is 0.929 bits per heavy atom. The van der Waals surface area contributed by atoms with Crippen molar-refractivity contribution in [3.8, 4) is 11.5 Å². The van der Waals surface area contributed by atoms with Crippen LogP contribution in [0.25, 0.3) is 11.5 Å². The molecular weight excluding hydrogens is 366 g/mol. The van der Waals surface area contributed by atoms with E-state index < -0.39 is 0 Å². The van der Waals surface area contributed by atoms with Gasteiger partial charge >= 0.3 is 0 Å². The Morgan fingerprint density at radius 3 is 2.46 bits per heavy atom. The zero-order valence-corrected chi connectivity index (χ0v) is 17.1. The SMILES string of the molecule is Cc1ccc([C@H]([NH2+][C@@H](C)c2nnc(-c3cccc(C)c3)o2)c2cccs2)cc1. The highest BCUT2D eigenvalue weighted by Crippen LogP contribution is 2.25. The minimum atomic E-state index is 0.0412. The van der Waals surface area contributed by atoms with Gasteiger partial charge in [-0.25, -0.2) is 0 Å². The molecule has 0 aliphatic carbocycles. The van der Waals surface area contributed by atoms with Gasteiger partial charge in [-0.1, -0.05) is 53.6 Å². The Balaban J connectivity index is 1.58. The molecule has 0 radical (unpaired) electrons. The highest BCUT2D eigenvalue weighted by molar-refractivity contribution is 7.10. The van der Waals surface area contributed by atoms with Crippen molar-refractivity contribution in [2.24, 2.45) is 0 Å². The number of rotatable bonds is 6. The molecule has 4 nitrogen and oxygen atoms in total. The Hall–Kier alpha value is -2.76. The summed E-state index contributed by atoms with van der Waals surface area (Å²) in [5, 5.41) is 13.0. The molecule has 2 aromatic carbocycles. The van der Waals surface area contributed by atoms with Crippen LogP contribution in [0.1, 0.15) is 46.5 Å². The van der Waals surface area contributed by atoms with Crippen molar-refractivity contribution in [2.45, 2.75) is 32.9 Å². The summed E-state index contributed by atoms with van der Waals surface area (Å²) in [7, 11) is 0. The van der Waals surface area contributed by atoms with Gasteiger partial charge in [-0.2, -0.15) is 0 Å². The van der Waals surface area contributed by atoms with Gasteiger partial charge in [-0.3, -0.25) is 0 Å². The predicted molar refractivity (Wildman–Crippen MR) is 112 cm³/mol. The zero-order valence-electron chi connectivity index (χ0n) is 16.3. The van der Waals surface area contributed by atoms with Crippen molar-refractivity contribution in [3.63, 3.8) is 0 Å². The highest BCUT2D eigenvalue weighted by Gasteiger charge is 2.25. The Morgan fingerprint density at radius 2 is 1.75 bits per heavy atom. The van der Waals surface area contributed by atoms with E-state index in [0.717, 1.165) is 5.56 Å². The molecular formula is C23H24N3OS+. The average molecular weight is 391 g/mol. The number of nitrogens with two attached hydrogens (primary N) is 1. The standard InChI is InChI=1S/C23H23N3OS/c1-15-9-11-18(12-10-15)21(20-8-5-13-28-20)24-17(3)22-25-26-23(27-22)19-7-4-6-16(2)14-19/h4-14,17,21,24H,1-3H3/p+1/t17-,21-/m0/s1. The lowest BCUT2D eigenvalue weighted by atomic mass is 10.0. The molecule has 142 valence electrons. The fourth-order valence-corrected chi connectivity index (χ4v) is 4.13. The second-order valence-corrected chi connectivity index (χ2v) is 8.18. The number of quaternary nitrogens is 1. The third-order valence-electron chi connectivity index (χ3n) is 4.86. The predicted octanol–water partition coefficient (Wildman–Crippen LogP) is 4.83. The van der Waals surface area contributed by atoms with E-state index in [1.807, 2.05) is 12.1 Å². The summed E-state index contributed by atoms with van der Waals surface area (Å²) >= 11 is 1.77. The van der Waals surface area contributed by atoms with Crippen LogP contribution in [0.2, 0.25) is 0 Å². The normalized spacial score (nSPS) is 13.4. The van der Waals surface area contributed by atoms with Gasteiger partial charge in [0.25, 0.3) is 5.89 Å². The van der Waals surface area contributed by atoms with Crippen LogP contribution in [0.5, 0.6) is 0 Å². The van der Waals surface area contributed by atoms with Crippen molar-refractivity contribution in [1.82, 2.24) is 10.2 Å². The van der Waals surface area contributed by atoms with E-state index in [0.29, 0.717) is 11.8 Å². The fourth-order valence-electron chi connectivity index (χ4n) is 3.30. The molecule has 0 saturated carbocycles. The van der Waals surface area contributed by atoms with Crippen LogP contribution in [-0.2, 0) is 0 Å². The van der Waals surface area contributed by atoms with Gasteiger partial charge in [-0.15, -0.1) is 21.5 Å². The molecule has 4 aromatic rings. The van der Waals surface area contributed by atoms with Crippen molar-refractivity contribution in [3.05, 3.63) is 93.5 Å². The number of aromatic nitrogens is 2. The first-order chi connectivity index (χ1) is 13.6. The van der Waals surface area contributed by atoms with E-state index in [1.54, 1.807) is 11.3 Å². The summed E-state index contributed by atoms with van der Waals surface area (Å²) < 4.78 is 6.01. The molecule has 28 heavy (non-hydrogen) atoms. The molecule has 2 N–H and O–H groups in total. The largest absolute Gasteiger partial charge is 0.415 e. The first kappa shape index (κ1) is 18.6. The fraction of sp³-hybridized carbons (Fsp3) is 0.217. The number of aryl methyl sites for hydroxylation is 2. The van der Waals surface area contributed by atoms with E-state index >= 15 is 0 Å². The lowest BCUT2D eigenvalue weighted by Gasteiger charge is -2.18. The third-order valence-corrected chi connectivity index (χ3v) is 5.82. The van der Waals surface area contributed by atoms with E-state index in [-0.39, 0.29) is 12.1 Å². The van der Waals surface area contributed by atoms with Crippen molar-refractivity contribution in [2.75, 3.05) is 0 Å². The smallest absolute Gasteiger partial charge is 0.274 e. The van der Waals surface area contributed by atoms with E-state index in [1.165, 1.54) is 21.6 Å². The van der Waals surface area contributed by atoms with Gasteiger partial charge in [0, 0.05) is 11.1 Å². The molecule has 0 amide bonds. The van der Waals surface area contributed by atoms with E-state index in [9.17, 15) is 0 Å². The molecule has 0 aliphatic rings. The quantitative estimate of drug-likeness (QED) is 0.513. The monoisotopic (exact) mass is 390 g/mol. The number of hydrogen-bond donors (Lipinski definition) is 1. The molecule has 0 unspecified atom stereocenters. The van der Waals surface area contributed by atoms with E-state index in [2.05, 4.69) is 90.2 Å². The number of hydrogen-bond acceptors (Lipinski definition) is 4. The summed E-state index contributed by atoms with van der Waals surface area (Å²) in [5.41, 5.74) is 4.67. The molecule has 2 heterocycles. The highest BCUT2D eigenvalue weighted by atomic mass is 32.1. The minimum absolute atomic E-state index is 0.0412. The van der Waals surface area contributed by atoms with Crippen molar-refractivity contribution in [1.29, 1.82) is 0 Å². The lowest BCUT2D eigenvalue weighted by Crippen LogP contribution is -2.85. The topological polar surface area (TPSA) is 55.5 Å². The van der Waals surface area contributed by atoms with Crippen LogP contribution < -0.4 is 5.32 Å². The summed E-state index contributed by atoms with van der Waals surface area (Å²) in [6.45, 7) is 6.29. The maximum Gasteiger partial charge on any atom is 0.274 e. The molecule has 2 atom stereocenters. The van der Waals surface area contributed by atoms with Gasteiger partial charge in [0.15, 0.2) is 6.04 Å².